The fourth-order valence-electron chi connectivity index (χ4n) is 3.80. The maximum absolute atomic E-state index is 13.4. The molecule has 1 aromatic rings. The lowest BCUT2D eigenvalue weighted by molar-refractivity contribution is -0.184. The minimum absolute atomic E-state index is 0. The summed E-state index contributed by atoms with van der Waals surface area (Å²) < 4.78 is 40.1. The van der Waals surface area contributed by atoms with Gasteiger partial charge in [0, 0.05) is 32.7 Å². The van der Waals surface area contributed by atoms with E-state index >= 15 is 0 Å². The van der Waals surface area contributed by atoms with E-state index in [2.05, 4.69) is 16.7 Å². The fourth-order valence-corrected chi connectivity index (χ4v) is 3.80. The molecule has 1 aliphatic heterocycles. The van der Waals surface area contributed by atoms with Crippen molar-refractivity contribution in [2.24, 2.45) is 0 Å². The largest absolute Gasteiger partial charge is 0.405 e. The standard InChI is InChI=1S/C19H26F3N3O.ClH/c20-19(21,22)17(25-9-7-23-8-10-25)13-24-18(26)12-14-5-6-15-3-1-2-4-16(15)11-14;/h5-6,11,17,23H,1-4,7-10,12-13H2,(H,24,26);1H. The number of piperazine rings is 1. The molecule has 1 atom stereocenters. The van der Waals surface area contributed by atoms with Gasteiger partial charge in [0.2, 0.25) is 5.91 Å². The van der Waals surface area contributed by atoms with Crippen LogP contribution in [0.4, 0.5) is 13.2 Å². The van der Waals surface area contributed by atoms with Gasteiger partial charge in [-0.3, -0.25) is 9.69 Å². The van der Waals surface area contributed by atoms with Crippen LogP contribution in [0, 0.1) is 0 Å². The monoisotopic (exact) mass is 405 g/mol. The van der Waals surface area contributed by atoms with Gasteiger partial charge in [0.15, 0.2) is 0 Å². The number of halogens is 4. The Kier molecular flexibility index (Phi) is 7.94. The van der Waals surface area contributed by atoms with E-state index in [1.807, 2.05) is 12.1 Å². The smallest absolute Gasteiger partial charge is 0.354 e. The number of alkyl halides is 3. The Morgan fingerprint density at radius 3 is 2.48 bits per heavy atom. The molecule has 1 aromatic carbocycles. The van der Waals surface area contributed by atoms with Crippen LogP contribution in [0.5, 0.6) is 0 Å². The molecule has 1 fully saturated rings. The summed E-state index contributed by atoms with van der Waals surface area (Å²) in [4.78, 5) is 13.6. The zero-order valence-corrected chi connectivity index (χ0v) is 16.1. The molecule has 4 nitrogen and oxygen atoms in total. The summed E-state index contributed by atoms with van der Waals surface area (Å²) in [7, 11) is 0. The van der Waals surface area contributed by atoms with Crippen LogP contribution in [0.15, 0.2) is 18.2 Å². The molecule has 0 bridgehead atoms. The van der Waals surface area contributed by atoms with Crippen molar-refractivity contribution in [2.45, 2.75) is 44.3 Å². The molecule has 1 unspecified atom stereocenters. The molecule has 1 aliphatic carbocycles. The van der Waals surface area contributed by atoms with Gasteiger partial charge < -0.3 is 10.6 Å². The molecule has 0 radical (unpaired) electrons. The molecule has 0 spiro atoms. The highest BCUT2D eigenvalue weighted by Gasteiger charge is 2.43. The minimum Gasteiger partial charge on any atom is -0.354 e. The summed E-state index contributed by atoms with van der Waals surface area (Å²) in [6.07, 6.45) is 0.206. The topological polar surface area (TPSA) is 44.4 Å². The van der Waals surface area contributed by atoms with Crippen LogP contribution in [0.25, 0.3) is 0 Å². The van der Waals surface area contributed by atoms with Crippen LogP contribution in [0.2, 0.25) is 0 Å². The number of benzene rings is 1. The van der Waals surface area contributed by atoms with Gasteiger partial charge in [0.05, 0.1) is 6.42 Å². The third-order valence-electron chi connectivity index (χ3n) is 5.24. The summed E-state index contributed by atoms with van der Waals surface area (Å²) in [6, 6.07) is 4.38. The molecule has 2 aliphatic rings. The number of hydrogen-bond acceptors (Lipinski definition) is 3. The highest BCUT2D eigenvalue weighted by Crippen LogP contribution is 2.25. The van der Waals surface area contributed by atoms with Gasteiger partial charge in [0.25, 0.3) is 0 Å². The summed E-state index contributed by atoms with van der Waals surface area (Å²) in [5.41, 5.74) is 3.47. The third kappa shape index (κ3) is 6.09. The van der Waals surface area contributed by atoms with E-state index in [0.29, 0.717) is 26.2 Å². The first kappa shape index (κ1) is 22.0. The van der Waals surface area contributed by atoms with Gasteiger partial charge in [0.1, 0.15) is 6.04 Å². The van der Waals surface area contributed by atoms with Gasteiger partial charge >= 0.3 is 6.18 Å². The zero-order valence-electron chi connectivity index (χ0n) is 15.3. The van der Waals surface area contributed by atoms with Crippen LogP contribution in [0.3, 0.4) is 0 Å². The average Bonchev–Trinajstić information content (AvgIpc) is 2.61. The molecule has 0 aromatic heterocycles. The average molecular weight is 406 g/mol. The molecule has 1 saturated heterocycles. The van der Waals surface area contributed by atoms with E-state index in [0.717, 1.165) is 24.8 Å². The van der Waals surface area contributed by atoms with Gasteiger partial charge in [-0.05, 0) is 42.4 Å². The van der Waals surface area contributed by atoms with Gasteiger partial charge in [-0.1, -0.05) is 18.2 Å². The first-order chi connectivity index (χ1) is 12.4. The number of nitrogens with zero attached hydrogens (tertiary/aromatic N) is 1. The number of aryl methyl sites for hydroxylation is 2. The van der Waals surface area contributed by atoms with Crippen molar-refractivity contribution in [2.75, 3.05) is 32.7 Å². The Hall–Kier alpha value is -1.31. The van der Waals surface area contributed by atoms with Crippen molar-refractivity contribution >= 4 is 18.3 Å². The Labute approximate surface area is 164 Å². The number of rotatable bonds is 5. The highest BCUT2D eigenvalue weighted by atomic mass is 35.5. The zero-order chi connectivity index (χ0) is 18.6. The molecule has 152 valence electrons. The van der Waals surface area contributed by atoms with E-state index < -0.39 is 18.8 Å². The molecule has 8 heteroatoms. The van der Waals surface area contributed by atoms with Crippen molar-refractivity contribution in [1.82, 2.24) is 15.5 Å². The predicted molar refractivity (Wildman–Crippen MR) is 101 cm³/mol. The van der Waals surface area contributed by atoms with Crippen molar-refractivity contribution in [3.05, 3.63) is 34.9 Å². The number of carbonyl (C=O) groups excluding carboxylic acids is 1. The van der Waals surface area contributed by atoms with Crippen molar-refractivity contribution in [3.8, 4) is 0 Å². The SMILES string of the molecule is Cl.O=C(Cc1ccc2c(c1)CCCC2)NCC(N1CCNCC1)C(F)(F)F. The van der Waals surface area contributed by atoms with Crippen LogP contribution in [-0.2, 0) is 24.1 Å². The maximum atomic E-state index is 13.4. The lowest BCUT2D eigenvalue weighted by atomic mass is 9.90. The summed E-state index contributed by atoms with van der Waals surface area (Å²) in [5, 5.41) is 5.54. The Balaban J connectivity index is 0.00000261. The molecule has 2 N–H and O–H groups in total. The number of nitrogens with one attached hydrogen (secondary N) is 2. The molecular weight excluding hydrogens is 379 g/mol. The molecule has 1 heterocycles. The quantitative estimate of drug-likeness (QED) is 0.791. The molecular formula is C19H27ClF3N3O. The lowest BCUT2D eigenvalue weighted by Gasteiger charge is -2.35. The normalized spacial score (nSPS) is 18.9. The molecule has 1 amide bonds. The van der Waals surface area contributed by atoms with Crippen molar-refractivity contribution in [3.63, 3.8) is 0 Å². The van der Waals surface area contributed by atoms with E-state index in [4.69, 9.17) is 0 Å². The second-order valence-electron chi connectivity index (χ2n) is 7.13. The summed E-state index contributed by atoms with van der Waals surface area (Å²) in [5.74, 6) is -0.356. The predicted octanol–water partition coefficient (Wildman–Crippen LogP) is 2.48. The van der Waals surface area contributed by atoms with Crippen molar-refractivity contribution < 1.29 is 18.0 Å². The summed E-state index contributed by atoms with van der Waals surface area (Å²) >= 11 is 0. The second kappa shape index (κ2) is 9.75. The number of hydrogen-bond donors (Lipinski definition) is 2. The number of amides is 1. The first-order valence-electron chi connectivity index (χ1n) is 9.32. The van der Waals surface area contributed by atoms with E-state index in [1.165, 1.54) is 22.4 Å². The van der Waals surface area contributed by atoms with Gasteiger partial charge in [-0.2, -0.15) is 13.2 Å². The minimum atomic E-state index is -4.35. The maximum Gasteiger partial charge on any atom is 0.405 e. The lowest BCUT2D eigenvalue weighted by Crippen LogP contribution is -2.57. The van der Waals surface area contributed by atoms with Crippen molar-refractivity contribution in [1.29, 1.82) is 0 Å². The van der Waals surface area contributed by atoms with Gasteiger partial charge in [-0.15, -0.1) is 12.4 Å². The number of carbonyl (C=O) groups is 1. The van der Waals surface area contributed by atoms with E-state index in [-0.39, 0.29) is 24.7 Å². The van der Waals surface area contributed by atoms with Crippen LogP contribution in [0.1, 0.15) is 29.5 Å². The Morgan fingerprint density at radius 2 is 1.81 bits per heavy atom. The van der Waals surface area contributed by atoms with Crippen LogP contribution in [-0.4, -0.2) is 55.7 Å². The fraction of sp³-hybridized carbons (Fsp3) is 0.632. The molecule has 27 heavy (non-hydrogen) atoms. The second-order valence-corrected chi connectivity index (χ2v) is 7.13. The third-order valence-corrected chi connectivity index (χ3v) is 5.24. The van der Waals surface area contributed by atoms with Gasteiger partial charge in [-0.25, -0.2) is 0 Å². The number of fused-ring (bicyclic) bond motifs is 1. The van der Waals surface area contributed by atoms with E-state index in [9.17, 15) is 18.0 Å². The first-order valence-corrected chi connectivity index (χ1v) is 9.32. The molecule has 0 saturated carbocycles. The highest BCUT2D eigenvalue weighted by molar-refractivity contribution is 5.85. The van der Waals surface area contributed by atoms with Crippen LogP contribution < -0.4 is 10.6 Å². The van der Waals surface area contributed by atoms with Crippen LogP contribution >= 0.6 is 12.4 Å². The Bertz CT molecular complexity index is 633. The van der Waals surface area contributed by atoms with E-state index in [1.54, 1.807) is 0 Å². The summed E-state index contributed by atoms with van der Waals surface area (Å²) in [6.45, 7) is 1.36. The Morgan fingerprint density at radius 1 is 1.15 bits per heavy atom. The molecule has 3 rings (SSSR count).